The van der Waals surface area contributed by atoms with Gasteiger partial charge < -0.3 is 9.47 Å². The molecule has 1 aliphatic heterocycles. The molecule has 0 radical (unpaired) electrons. The van der Waals surface area contributed by atoms with Gasteiger partial charge in [0.2, 0.25) is 11.4 Å². The van der Waals surface area contributed by atoms with Gasteiger partial charge in [0.05, 0.1) is 13.2 Å². The lowest BCUT2D eigenvalue weighted by molar-refractivity contribution is -0.165. The Labute approximate surface area is 170 Å². The van der Waals surface area contributed by atoms with Gasteiger partial charge in [-0.2, -0.15) is 0 Å². The molecule has 0 bridgehead atoms. The molecule has 2 aromatic rings. The second-order valence-electron chi connectivity index (χ2n) is 6.94. The second kappa shape index (κ2) is 8.47. The average molecular weight is 395 g/mol. The third kappa shape index (κ3) is 3.50. The maximum Gasteiger partial charge on any atom is 0.344 e. The van der Waals surface area contributed by atoms with Crippen LogP contribution in [0.5, 0.6) is 0 Å². The summed E-state index contributed by atoms with van der Waals surface area (Å²) in [6.07, 6.45) is -0.00445. The molecule has 1 fully saturated rings. The fourth-order valence-corrected chi connectivity index (χ4v) is 3.88. The fraction of sp³-hybridized carbons (Fsp3) is 0.348. The van der Waals surface area contributed by atoms with E-state index in [1.165, 1.54) is 4.90 Å². The monoisotopic (exact) mass is 395 g/mol. The highest BCUT2D eigenvalue weighted by molar-refractivity contribution is 6.19. The molecule has 2 aromatic carbocycles. The third-order valence-corrected chi connectivity index (χ3v) is 5.15. The lowest BCUT2D eigenvalue weighted by atomic mass is 9.79. The average Bonchev–Trinajstić information content (AvgIpc) is 3.04. The van der Waals surface area contributed by atoms with E-state index in [4.69, 9.17) is 9.47 Å². The molecule has 1 saturated heterocycles. The molecule has 0 N–H and O–H groups in total. The number of ether oxygens (including phenoxy) is 2. The Kier molecular flexibility index (Phi) is 6.01. The first-order valence-electron chi connectivity index (χ1n) is 9.75. The lowest BCUT2D eigenvalue weighted by Gasteiger charge is -2.37. The second-order valence-corrected chi connectivity index (χ2v) is 6.94. The number of amides is 1. The lowest BCUT2D eigenvalue weighted by Crippen LogP contribution is -2.62. The molecule has 0 spiro atoms. The minimum atomic E-state index is -1.92. The summed E-state index contributed by atoms with van der Waals surface area (Å²) in [5.41, 5.74) is 0.245. The molecule has 6 nitrogen and oxygen atoms in total. The first kappa shape index (κ1) is 20.6. The summed E-state index contributed by atoms with van der Waals surface area (Å²) in [6.45, 7) is 5.42. The highest BCUT2D eigenvalue weighted by atomic mass is 16.6. The van der Waals surface area contributed by atoms with E-state index in [0.717, 1.165) is 5.56 Å². The summed E-state index contributed by atoms with van der Waals surface area (Å²) in [6, 6.07) is 16.2. The number of aryl methyl sites for hydroxylation is 1. The zero-order chi connectivity index (χ0) is 21.0. The van der Waals surface area contributed by atoms with Gasteiger partial charge in [-0.3, -0.25) is 9.69 Å². The minimum absolute atomic E-state index is 0.00445. The number of hydrogen-bond donors (Lipinski definition) is 0. The summed E-state index contributed by atoms with van der Waals surface area (Å²) in [5, 5.41) is 0. The smallest absolute Gasteiger partial charge is 0.344 e. The number of carbonyl (C=O) groups excluding carboxylic acids is 3. The van der Waals surface area contributed by atoms with Crippen molar-refractivity contribution in [2.75, 3.05) is 18.1 Å². The van der Waals surface area contributed by atoms with Crippen molar-refractivity contribution < 1.29 is 23.9 Å². The largest absolute Gasteiger partial charge is 0.464 e. The molecule has 1 aliphatic rings. The Hall–Kier alpha value is -3.15. The van der Waals surface area contributed by atoms with E-state index in [1.807, 2.05) is 49.4 Å². The minimum Gasteiger partial charge on any atom is -0.464 e. The molecule has 0 unspecified atom stereocenters. The van der Waals surface area contributed by atoms with Crippen LogP contribution in [0, 0.1) is 6.92 Å². The number of esters is 2. The molecule has 0 saturated carbocycles. The van der Waals surface area contributed by atoms with E-state index in [2.05, 4.69) is 0 Å². The highest BCUT2D eigenvalue weighted by Gasteiger charge is 2.66. The van der Waals surface area contributed by atoms with Crippen molar-refractivity contribution in [3.05, 3.63) is 65.7 Å². The van der Waals surface area contributed by atoms with Crippen LogP contribution in [-0.2, 0) is 23.9 Å². The Balaban J connectivity index is 2.26. The summed E-state index contributed by atoms with van der Waals surface area (Å²) in [7, 11) is 0. The Bertz CT molecular complexity index is 873. The topological polar surface area (TPSA) is 72.9 Å². The zero-order valence-corrected chi connectivity index (χ0v) is 16.9. The standard InChI is InChI=1S/C23H25NO5/c1-4-28-21(26)23(22(27)29-5-2)19(17-9-7-6-8-10-17)15-20(25)24(23)18-13-11-16(3)12-14-18/h6-14,19H,4-5,15H2,1-3H3/t19-/m1/s1. The van der Waals surface area contributed by atoms with Gasteiger partial charge in [0, 0.05) is 18.0 Å². The first-order chi connectivity index (χ1) is 14.0. The highest BCUT2D eigenvalue weighted by Crippen LogP contribution is 2.47. The van der Waals surface area contributed by atoms with Gasteiger partial charge in [0.1, 0.15) is 0 Å². The zero-order valence-electron chi connectivity index (χ0n) is 16.9. The van der Waals surface area contributed by atoms with Gasteiger partial charge in [-0.15, -0.1) is 0 Å². The molecule has 1 amide bonds. The normalized spacial score (nSPS) is 17.8. The third-order valence-electron chi connectivity index (χ3n) is 5.15. The molecular formula is C23H25NO5. The van der Waals surface area contributed by atoms with Gasteiger partial charge in [-0.05, 0) is 38.5 Å². The van der Waals surface area contributed by atoms with Crippen LogP contribution >= 0.6 is 0 Å². The molecule has 3 rings (SSSR count). The van der Waals surface area contributed by atoms with Gasteiger partial charge >= 0.3 is 11.9 Å². The van der Waals surface area contributed by atoms with Crippen LogP contribution in [0.4, 0.5) is 5.69 Å². The van der Waals surface area contributed by atoms with Crippen LogP contribution in [-0.4, -0.2) is 36.6 Å². The number of hydrogen-bond acceptors (Lipinski definition) is 5. The van der Waals surface area contributed by atoms with Gasteiger partial charge in [0.15, 0.2) is 0 Å². The number of anilines is 1. The van der Waals surface area contributed by atoms with Crippen molar-refractivity contribution in [2.45, 2.75) is 38.6 Å². The van der Waals surface area contributed by atoms with Crippen LogP contribution in [0.2, 0.25) is 0 Å². The molecule has 1 heterocycles. The van der Waals surface area contributed by atoms with Crippen molar-refractivity contribution in [2.24, 2.45) is 0 Å². The number of carbonyl (C=O) groups is 3. The Morgan fingerprint density at radius 2 is 1.52 bits per heavy atom. The van der Waals surface area contributed by atoms with Crippen LogP contribution in [0.3, 0.4) is 0 Å². The van der Waals surface area contributed by atoms with Crippen LogP contribution in [0.1, 0.15) is 37.3 Å². The molecule has 29 heavy (non-hydrogen) atoms. The Morgan fingerprint density at radius 3 is 2.03 bits per heavy atom. The van der Waals surface area contributed by atoms with E-state index >= 15 is 0 Å². The Morgan fingerprint density at radius 1 is 0.966 bits per heavy atom. The van der Waals surface area contributed by atoms with Gasteiger partial charge in [-0.25, -0.2) is 9.59 Å². The maximum absolute atomic E-state index is 13.3. The molecule has 0 aromatic heterocycles. The van der Waals surface area contributed by atoms with Gasteiger partial charge in [0.25, 0.3) is 0 Å². The maximum atomic E-state index is 13.3. The van der Waals surface area contributed by atoms with Crippen LogP contribution < -0.4 is 4.90 Å². The summed E-state index contributed by atoms with van der Waals surface area (Å²) in [4.78, 5) is 41.1. The van der Waals surface area contributed by atoms with Crippen molar-refractivity contribution in [1.29, 1.82) is 0 Å². The SMILES string of the molecule is CCOC(=O)C1(C(=O)OCC)[C@@H](c2ccccc2)CC(=O)N1c1ccc(C)cc1. The number of benzene rings is 2. The van der Waals surface area contributed by atoms with Crippen LogP contribution in [0.25, 0.3) is 0 Å². The fourth-order valence-electron chi connectivity index (χ4n) is 3.88. The molecule has 1 atom stereocenters. The summed E-state index contributed by atoms with van der Waals surface area (Å²) in [5.74, 6) is -2.61. The number of nitrogens with zero attached hydrogens (tertiary/aromatic N) is 1. The first-order valence-corrected chi connectivity index (χ1v) is 9.75. The van der Waals surface area contributed by atoms with E-state index in [1.54, 1.807) is 26.0 Å². The van der Waals surface area contributed by atoms with E-state index in [-0.39, 0.29) is 25.5 Å². The molecule has 0 aliphatic carbocycles. The molecule has 152 valence electrons. The van der Waals surface area contributed by atoms with Crippen molar-refractivity contribution >= 4 is 23.5 Å². The summed E-state index contributed by atoms with van der Waals surface area (Å²) < 4.78 is 10.7. The van der Waals surface area contributed by atoms with E-state index in [0.29, 0.717) is 11.3 Å². The van der Waals surface area contributed by atoms with Crippen molar-refractivity contribution in [3.8, 4) is 0 Å². The molecular weight excluding hydrogens is 370 g/mol. The van der Waals surface area contributed by atoms with Gasteiger partial charge in [-0.1, -0.05) is 48.0 Å². The van der Waals surface area contributed by atoms with Crippen LogP contribution in [0.15, 0.2) is 54.6 Å². The van der Waals surface area contributed by atoms with E-state index in [9.17, 15) is 14.4 Å². The predicted octanol–water partition coefficient (Wildman–Crippen LogP) is 3.38. The summed E-state index contributed by atoms with van der Waals surface area (Å²) >= 11 is 0. The van der Waals surface area contributed by atoms with Crippen molar-refractivity contribution in [3.63, 3.8) is 0 Å². The number of rotatable bonds is 6. The van der Waals surface area contributed by atoms with E-state index < -0.39 is 23.4 Å². The predicted molar refractivity (Wildman–Crippen MR) is 108 cm³/mol. The quantitative estimate of drug-likeness (QED) is 0.554. The molecule has 6 heteroatoms. The van der Waals surface area contributed by atoms with Crippen molar-refractivity contribution in [1.82, 2.24) is 0 Å².